The minimum atomic E-state index is -0.797. The van der Waals surface area contributed by atoms with Crippen LogP contribution in [0.4, 0.5) is 0 Å². The maximum absolute atomic E-state index is 11.8. The fourth-order valence-electron chi connectivity index (χ4n) is 2.06. The van der Waals surface area contributed by atoms with Crippen molar-refractivity contribution < 1.29 is 14.6 Å². The van der Waals surface area contributed by atoms with E-state index in [1.165, 1.54) is 0 Å². The van der Waals surface area contributed by atoms with Crippen LogP contribution in [0.25, 0.3) is 0 Å². The van der Waals surface area contributed by atoms with E-state index in [0.29, 0.717) is 13.0 Å². The monoisotopic (exact) mass is 250 g/mol. The summed E-state index contributed by atoms with van der Waals surface area (Å²) in [5, 5.41) is 10.4. The van der Waals surface area contributed by atoms with E-state index < -0.39 is 12.0 Å². The predicted molar refractivity (Wildman–Crippen MR) is 71.3 cm³/mol. The zero-order chi connectivity index (χ0) is 13.7. The molecule has 0 spiro atoms. The number of aliphatic hydroxyl groups excluding tert-OH is 1. The van der Waals surface area contributed by atoms with Gasteiger partial charge in [0.2, 0.25) is 0 Å². The summed E-state index contributed by atoms with van der Waals surface area (Å²) in [4.78, 5) is 11.8. The largest absolute Gasteiger partial charge is 0.466 e. The fraction of sp³-hybridized carbons (Fsp3) is 0.533. The molecule has 1 aromatic carbocycles. The average Bonchev–Trinajstić information content (AvgIpc) is 2.33. The highest BCUT2D eigenvalue weighted by atomic mass is 16.5. The number of carbonyl (C=O) groups is 1. The van der Waals surface area contributed by atoms with Gasteiger partial charge in [-0.1, -0.05) is 30.7 Å². The summed E-state index contributed by atoms with van der Waals surface area (Å²) in [6.45, 7) is 7.91. The number of aryl methyl sites for hydroxylation is 2. The summed E-state index contributed by atoms with van der Waals surface area (Å²) < 4.78 is 5.01. The molecule has 3 nitrogen and oxygen atoms in total. The van der Waals surface area contributed by atoms with E-state index in [-0.39, 0.29) is 5.97 Å². The molecule has 0 amide bonds. The molecule has 0 aliphatic carbocycles. The number of hydrogen-bond donors (Lipinski definition) is 1. The smallest absolute Gasteiger partial charge is 0.311 e. The Balaban J connectivity index is 2.99. The second-order valence-electron chi connectivity index (χ2n) is 4.57. The quantitative estimate of drug-likeness (QED) is 0.817. The molecule has 0 radical (unpaired) electrons. The van der Waals surface area contributed by atoms with Crippen LogP contribution >= 0.6 is 0 Å². The molecule has 1 N–H and O–H groups in total. The molecule has 0 heterocycles. The van der Waals surface area contributed by atoms with Crippen molar-refractivity contribution in [1.29, 1.82) is 0 Å². The summed E-state index contributed by atoms with van der Waals surface area (Å²) in [5.41, 5.74) is 2.89. The number of carbonyl (C=O) groups excluding carboxylic acids is 1. The van der Waals surface area contributed by atoms with E-state index >= 15 is 0 Å². The Labute approximate surface area is 109 Å². The van der Waals surface area contributed by atoms with Gasteiger partial charge in [-0.3, -0.25) is 4.79 Å². The Bertz CT molecular complexity index is 412. The first-order valence-corrected chi connectivity index (χ1v) is 6.43. The van der Waals surface area contributed by atoms with Gasteiger partial charge in [0.25, 0.3) is 0 Å². The summed E-state index contributed by atoms with van der Waals surface area (Å²) >= 11 is 0. The van der Waals surface area contributed by atoms with E-state index in [0.717, 1.165) is 16.7 Å². The first-order chi connectivity index (χ1) is 8.51. The average molecular weight is 250 g/mol. The van der Waals surface area contributed by atoms with Crippen LogP contribution in [0.5, 0.6) is 0 Å². The first kappa shape index (κ1) is 14.7. The molecule has 0 saturated carbocycles. The molecule has 0 aliphatic heterocycles. The molecule has 2 atom stereocenters. The first-order valence-electron chi connectivity index (χ1n) is 6.43. The highest BCUT2D eigenvalue weighted by Gasteiger charge is 2.28. The van der Waals surface area contributed by atoms with E-state index in [2.05, 4.69) is 0 Å². The lowest BCUT2D eigenvalue weighted by molar-refractivity contribution is -0.152. The Morgan fingerprint density at radius 3 is 2.56 bits per heavy atom. The van der Waals surface area contributed by atoms with Crippen LogP contribution in [0.3, 0.4) is 0 Å². The number of benzene rings is 1. The maximum atomic E-state index is 11.8. The van der Waals surface area contributed by atoms with Crippen molar-refractivity contribution >= 4 is 5.97 Å². The van der Waals surface area contributed by atoms with E-state index in [1.807, 2.05) is 39.0 Å². The van der Waals surface area contributed by atoms with Crippen LogP contribution in [-0.2, 0) is 9.53 Å². The van der Waals surface area contributed by atoms with Gasteiger partial charge in [-0.15, -0.1) is 0 Å². The summed E-state index contributed by atoms with van der Waals surface area (Å²) in [6.07, 6.45) is -0.234. The van der Waals surface area contributed by atoms with Gasteiger partial charge in [-0.25, -0.2) is 0 Å². The van der Waals surface area contributed by atoms with Gasteiger partial charge in [0, 0.05) is 0 Å². The zero-order valence-corrected chi connectivity index (χ0v) is 11.6. The number of ether oxygens (including phenoxy) is 1. The van der Waals surface area contributed by atoms with E-state index in [4.69, 9.17) is 4.74 Å². The number of hydrogen-bond acceptors (Lipinski definition) is 3. The highest BCUT2D eigenvalue weighted by Crippen LogP contribution is 2.28. The fourth-order valence-corrected chi connectivity index (χ4v) is 2.06. The van der Waals surface area contributed by atoms with Gasteiger partial charge >= 0.3 is 5.97 Å². The van der Waals surface area contributed by atoms with E-state index in [1.54, 1.807) is 6.92 Å². The number of rotatable bonds is 5. The molecule has 0 saturated heterocycles. The summed E-state index contributed by atoms with van der Waals surface area (Å²) in [7, 11) is 0. The standard InChI is InChI=1S/C15H22O3/c1-5-12(15(17)18-6-2)14(16)13-9-10(3)7-8-11(13)4/h7-9,12,14,16H,5-6H2,1-4H3. The molecular formula is C15H22O3. The Morgan fingerprint density at radius 2 is 2.00 bits per heavy atom. The van der Waals surface area contributed by atoms with Crippen molar-refractivity contribution in [3.8, 4) is 0 Å². The van der Waals surface area contributed by atoms with Crippen molar-refractivity contribution in [2.24, 2.45) is 5.92 Å². The second-order valence-corrected chi connectivity index (χ2v) is 4.57. The van der Waals surface area contributed by atoms with Crippen LogP contribution in [0, 0.1) is 19.8 Å². The van der Waals surface area contributed by atoms with Crippen molar-refractivity contribution in [3.05, 3.63) is 34.9 Å². The molecule has 18 heavy (non-hydrogen) atoms. The summed E-state index contributed by atoms with van der Waals surface area (Å²) in [6, 6.07) is 5.89. The predicted octanol–water partition coefficient (Wildman–Crippen LogP) is 2.93. The van der Waals surface area contributed by atoms with Gasteiger partial charge in [0.05, 0.1) is 18.6 Å². The second kappa shape index (κ2) is 6.55. The number of esters is 1. The van der Waals surface area contributed by atoms with Crippen LogP contribution in [0.2, 0.25) is 0 Å². The Morgan fingerprint density at radius 1 is 1.33 bits per heavy atom. The minimum Gasteiger partial charge on any atom is -0.466 e. The molecule has 100 valence electrons. The van der Waals surface area contributed by atoms with Gasteiger partial charge in [-0.05, 0) is 38.3 Å². The molecule has 1 rings (SSSR count). The maximum Gasteiger partial charge on any atom is 0.311 e. The highest BCUT2D eigenvalue weighted by molar-refractivity contribution is 5.73. The van der Waals surface area contributed by atoms with Gasteiger partial charge < -0.3 is 9.84 Å². The third-order valence-corrected chi connectivity index (χ3v) is 3.16. The lowest BCUT2D eigenvalue weighted by atomic mass is 9.90. The lowest BCUT2D eigenvalue weighted by Crippen LogP contribution is -2.24. The third-order valence-electron chi connectivity index (χ3n) is 3.16. The molecule has 2 unspecified atom stereocenters. The van der Waals surface area contributed by atoms with Crippen LogP contribution in [0.15, 0.2) is 18.2 Å². The molecule has 0 aliphatic rings. The molecule has 0 fully saturated rings. The lowest BCUT2D eigenvalue weighted by Gasteiger charge is -2.22. The molecule has 0 aromatic heterocycles. The van der Waals surface area contributed by atoms with Gasteiger partial charge in [0.1, 0.15) is 0 Å². The Hall–Kier alpha value is -1.35. The molecule has 3 heteroatoms. The van der Waals surface area contributed by atoms with Gasteiger partial charge in [-0.2, -0.15) is 0 Å². The molecule has 1 aromatic rings. The van der Waals surface area contributed by atoms with E-state index in [9.17, 15) is 9.90 Å². The number of aliphatic hydroxyl groups is 1. The van der Waals surface area contributed by atoms with Crippen molar-refractivity contribution in [2.45, 2.75) is 40.2 Å². The van der Waals surface area contributed by atoms with Crippen LogP contribution < -0.4 is 0 Å². The van der Waals surface area contributed by atoms with Crippen LogP contribution in [-0.4, -0.2) is 17.7 Å². The topological polar surface area (TPSA) is 46.5 Å². The Kier molecular flexibility index (Phi) is 5.35. The van der Waals surface area contributed by atoms with Crippen molar-refractivity contribution in [2.75, 3.05) is 6.61 Å². The third kappa shape index (κ3) is 3.33. The molecule has 0 bridgehead atoms. The van der Waals surface area contributed by atoms with Crippen molar-refractivity contribution in [1.82, 2.24) is 0 Å². The normalized spacial score (nSPS) is 14.1. The molecular weight excluding hydrogens is 228 g/mol. The zero-order valence-electron chi connectivity index (χ0n) is 11.6. The minimum absolute atomic E-state index is 0.326. The van der Waals surface area contributed by atoms with Gasteiger partial charge in [0.15, 0.2) is 0 Å². The summed E-state index contributed by atoms with van der Waals surface area (Å²) in [5.74, 6) is -0.821. The SMILES string of the molecule is CCOC(=O)C(CC)C(O)c1cc(C)ccc1C. The van der Waals surface area contributed by atoms with Crippen molar-refractivity contribution in [3.63, 3.8) is 0 Å². The van der Waals surface area contributed by atoms with Crippen LogP contribution in [0.1, 0.15) is 43.1 Å².